The van der Waals surface area contributed by atoms with Gasteiger partial charge in [-0.25, -0.2) is 0 Å². The number of rotatable bonds is 4. The molecule has 2 fully saturated rings. The van der Waals surface area contributed by atoms with Gasteiger partial charge in [0, 0.05) is 38.7 Å². The van der Waals surface area contributed by atoms with Crippen molar-refractivity contribution in [2.45, 2.75) is 52.0 Å². The maximum atomic E-state index is 12.4. The van der Waals surface area contributed by atoms with Gasteiger partial charge in [-0.3, -0.25) is 9.69 Å². The fourth-order valence-corrected chi connectivity index (χ4v) is 3.24. The standard InChI is InChI=1S/C17H26N4O2/c1-2-16-18-15(19-23-16)13-20-8-10-21(11-9-20)17(22)12-14-6-4-3-5-7-14/h12H,2-11,13H2,1H3. The summed E-state index contributed by atoms with van der Waals surface area (Å²) < 4.78 is 5.14. The molecule has 3 rings (SSSR count). The Morgan fingerprint density at radius 1 is 1.17 bits per heavy atom. The molecule has 1 aliphatic carbocycles. The highest BCUT2D eigenvalue weighted by atomic mass is 16.5. The Bertz CT molecular complexity index is 551. The van der Waals surface area contributed by atoms with E-state index in [4.69, 9.17) is 4.52 Å². The molecule has 23 heavy (non-hydrogen) atoms. The minimum atomic E-state index is 0.189. The Kier molecular flexibility index (Phi) is 5.43. The summed E-state index contributed by atoms with van der Waals surface area (Å²) in [5, 5.41) is 3.99. The number of carbonyl (C=O) groups is 1. The fourth-order valence-electron chi connectivity index (χ4n) is 3.24. The van der Waals surface area contributed by atoms with Crippen molar-refractivity contribution in [1.82, 2.24) is 19.9 Å². The molecule has 0 radical (unpaired) electrons. The van der Waals surface area contributed by atoms with E-state index in [1.165, 1.54) is 24.8 Å². The van der Waals surface area contributed by atoms with E-state index in [1.54, 1.807) is 0 Å². The molecule has 0 aromatic carbocycles. The van der Waals surface area contributed by atoms with E-state index in [1.807, 2.05) is 17.9 Å². The molecule has 6 heteroatoms. The second-order valence-electron chi connectivity index (χ2n) is 6.42. The lowest BCUT2D eigenvalue weighted by Gasteiger charge is -2.33. The van der Waals surface area contributed by atoms with Crippen LogP contribution >= 0.6 is 0 Å². The van der Waals surface area contributed by atoms with Crippen LogP contribution in [0.1, 0.15) is 50.7 Å². The molecular weight excluding hydrogens is 292 g/mol. The topological polar surface area (TPSA) is 62.5 Å². The zero-order valence-corrected chi connectivity index (χ0v) is 14.0. The molecular formula is C17H26N4O2. The summed E-state index contributed by atoms with van der Waals surface area (Å²) in [6.45, 7) is 5.99. The first-order valence-corrected chi connectivity index (χ1v) is 8.77. The van der Waals surface area contributed by atoms with Crippen LogP contribution in [0.3, 0.4) is 0 Å². The van der Waals surface area contributed by atoms with Crippen molar-refractivity contribution in [3.8, 4) is 0 Å². The molecule has 0 atom stereocenters. The van der Waals surface area contributed by atoms with Crippen molar-refractivity contribution < 1.29 is 9.32 Å². The lowest BCUT2D eigenvalue weighted by atomic mass is 9.94. The summed E-state index contributed by atoms with van der Waals surface area (Å²) >= 11 is 0. The van der Waals surface area contributed by atoms with E-state index in [-0.39, 0.29) is 5.91 Å². The summed E-state index contributed by atoms with van der Waals surface area (Å²) in [6, 6.07) is 0. The van der Waals surface area contributed by atoms with Gasteiger partial charge in [-0.05, 0) is 25.7 Å². The third-order valence-electron chi connectivity index (χ3n) is 4.68. The van der Waals surface area contributed by atoms with E-state index in [2.05, 4.69) is 15.0 Å². The molecule has 2 heterocycles. The van der Waals surface area contributed by atoms with E-state index in [9.17, 15) is 4.79 Å². The SMILES string of the molecule is CCc1nc(CN2CCN(C(=O)C=C3CCCCC3)CC2)no1. The maximum absolute atomic E-state index is 12.4. The van der Waals surface area contributed by atoms with E-state index < -0.39 is 0 Å². The summed E-state index contributed by atoms with van der Waals surface area (Å²) in [7, 11) is 0. The smallest absolute Gasteiger partial charge is 0.246 e. The van der Waals surface area contributed by atoms with Crippen molar-refractivity contribution >= 4 is 5.91 Å². The van der Waals surface area contributed by atoms with Crippen molar-refractivity contribution in [2.24, 2.45) is 0 Å². The monoisotopic (exact) mass is 318 g/mol. The molecule has 6 nitrogen and oxygen atoms in total. The summed E-state index contributed by atoms with van der Waals surface area (Å²) in [6.07, 6.45) is 8.63. The predicted molar refractivity (Wildman–Crippen MR) is 86.7 cm³/mol. The first kappa shape index (κ1) is 16.2. The zero-order chi connectivity index (χ0) is 16.1. The van der Waals surface area contributed by atoms with Crippen LogP contribution in [0.15, 0.2) is 16.2 Å². The lowest BCUT2D eigenvalue weighted by molar-refractivity contribution is -0.127. The van der Waals surface area contributed by atoms with Gasteiger partial charge >= 0.3 is 0 Å². The van der Waals surface area contributed by atoms with Gasteiger partial charge in [0.25, 0.3) is 0 Å². The predicted octanol–water partition coefficient (Wildman–Crippen LogP) is 2.17. The number of nitrogens with zero attached hydrogens (tertiary/aromatic N) is 4. The van der Waals surface area contributed by atoms with Crippen LogP contribution in [0.4, 0.5) is 0 Å². The molecule has 1 aromatic rings. The minimum absolute atomic E-state index is 0.189. The van der Waals surface area contributed by atoms with Gasteiger partial charge in [0.2, 0.25) is 11.8 Å². The number of hydrogen-bond donors (Lipinski definition) is 0. The molecule has 1 amide bonds. The molecule has 1 aliphatic heterocycles. The van der Waals surface area contributed by atoms with Crippen LogP contribution in [0.5, 0.6) is 0 Å². The summed E-state index contributed by atoms with van der Waals surface area (Å²) in [5.74, 6) is 1.62. The van der Waals surface area contributed by atoms with Crippen LogP contribution < -0.4 is 0 Å². The Morgan fingerprint density at radius 3 is 2.57 bits per heavy atom. The van der Waals surface area contributed by atoms with Gasteiger partial charge < -0.3 is 9.42 Å². The Morgan fingerprint density at radius 2 is 1.91 bits per heavy atom. The fraction of sp³-hybridized carbons (Fsp3) is 0.706. The molecule has 126 valence electrons. The van der Waals surface area contributed by atoms with Crippen LogP contribution in [0.2, 0.25) is 0 Å². The van der Waals surface area contributed by atoms with Gasteiger partial charge in [0.1, 0.15) is 0 Å². The van der Waals surface area contributed by atoms with Gasteiger partial charge in [0.05, 0.1) is 6.54 Å². The molecule has 1 saturated heterocycles. The molecule has 1 aromatic heterocycles. The number of allylic oxidation sites excluding steroid dienone is 1. The highest BCUT2D eigenvalue weighted by Gasteiger charge is 2.21. The first-order chi connectivity index (χ1) is 11.2. The second-order valence-corrected chi connectivity index (χ2v) is 6.42. The van der Waals surface area contributed by atoms with Gasteiger partial charge in [-0.15, -0.1) is 0 Å². The van der Waals surface area contributed by atoms with Crippen molar-refractivity contribution in [3.05, 3.63) is 23.4 Å². The Balaban J connectivity index is 1.46. The van der Waals surface area contributed by atoms with Crippen LogP contribution in [-0.4, -0.2) is 52.0 Å². The average Bonchev–Trinajstić information content (AvgIpc) is 3.04. The highest BCUT2D eigenvalue weighted by molar-refractivity contribution is 5.88. The van der Waals surface area contributed by atoms with Crippen LogP contribution in [-0.2, 0) is 17.8 Å². The average molecular weight is 318 g/mol. The van der Waals surface area contributed by atoms with E-state index in [0.717, 1.165) is 51.3 Å². The molecule has 2 aliphatic rings. The Labute approximate surface area is 137 Å². The number of aromatic nitrogens is 2. The molecule has 0 N–H and O–H groups in total. The van der Waals surface area contributed by atoms with E-state index in [0.29, 0.717) is 12.4 Å². The third kappa shape index (κ3) is 4.41. The van der Waals surface area contributed by atoms with E-state index >= 15 is 0 Å². The summed E-state index contributed by atoms with van der Waals surface area (Å²) in [4.78, 5) is 21.0. The first-order valence-electron chi connectivity index (χ1n) is 8.77. The van der Waals surface area contributed by atoms with Crippen LogP contribution in [0, 0.1) is 0 Å². The highest BCUT2D eigenvalue weighted by Crippen LogP contribution is 2.23. The molecule has 0 unspecified atom stereocenters. The second kappa shape index (κ2) is 7.73. The lowest BCUT2D eigenvalue weighted by Crippen LogP contribution is -2.48. The zero-order valence-electron chi connectivity index (χ0n) is 14.0. The maximum Gasteiger partial charge on any atom is 0.246 e. The van der Waals surface area contributed by atoms with Crippen molar-refractivity contribution in [1.29, 1.82) is 0 Å². The van der Waals surface area contributed by atoms with Crippen LogP contribution in [0.25, 0.3) is 0 Å². The molecule has 0 bridgehead atoms. The molecule has 1 saturated carbocycles. The van der Waals surface area contributed by atoms with Gasteiger partial charge in [0.15, 0.2) is 5.82 Å². The normalized spacial score (nSPS) is 19.9. The van der Waals surface area contributed by atoms with Gasteiger partial charge in [-0.2, -0.15) is 4.98 Å². The number of amides is 1. The van der Waals surface area contributed by atoms with Crippen molar-refractivity contribution in [3.63, 3.8) is 0 Å². The quantitative estimate of drug-likeness (QED) is 0.796. The number of hydrogen-bond acceptors (Lipinski definition) is 5. The number of carbonyl (C=O) groups excluding carboxylic acids is 1. The summed E-state index contributed by atoms with van der Waals surface area (Å²) in [5.41, 5.74) is 1.34. The van der Waals surface area contributed by atoms with Gasteiger partial charge in [-0.1, -0.05) is 24.1 Å². The minimum Gasteiger partial charge on any atom is -0.339 e. The number of aryl methyl sites for hydroxylation is 1. The molecule has 0 spiro atoms. The largest absolute Gasteiger partial charge is 0.339 e. The third-order valence-corrected chi connectivity index (χ3v) is 4.68. The number of piperazine rings is 1. The van der Waals surface area contributed by atoms with Crippen molar-refractivity contribution in [2.75, 3.05) is 26.2 Å². The Hall–Kier alpha value is -1.69.